The van der Waals surface area contributed by atoms with Gasteiger partial charge >= 0.3 is 0 Å². The van der Waals surface area contributed by atoms with Gasteiger partial charge in [0.1, 0.15) is 11.9 Å². The number of hydrogen-bond acceptors (Lipinski definition) is 4. The molecule has 0 spiro atoms. The molecule has 2 atom stereocenters. The molecule has 1 saturated heterocycles. The van der Waals surface area contributed by atoms with Crippen LogP contribution in [0.1, 0.15) is 53.4 Å². The predicted octanol–water partition coefficient (Wildman–Crippen LogP) is 6.14. The van der Waals surface area contributed by atoms with Gasteiger partial charge in [0, 0.05) is 35.5 Å². The van der Waals surface area contributed by atoms with Gasteiger partial charge in [0.25, 0.3) is 11.8 Å². The molecule has 0 bridgehead atoms. The van der Waals surface area contributed by atoms with Crippen LogP contribution in [0.4, 0.5) is 8.78 Å². The van der Waals surface area contributed by atoms with Crippen LogP contribution in [-0.4, -0.2) is 53.4 Å². The average Bonchev–Trinajstić information content (AvgIpc) is 3.38. The Balaban J connectivity index is 1.19. The minimum atomic E-state index is -2.80. The maximum Gasteiger partial charge on any atom is 0.282 e. The number of halogens is 3. The van der Waals surface area contributed by atoms with Crippen LogP contribution < -0.4 is 10.1 Å². The standard InChI is InChI=1S/C31H30ClF2N3O3/c1-3-19(2)27-12-4-20(15-35-27)5-13-28(38)36-16-23-14-25-24(10-11-26(32)29(25)40-23)21-6-8-22(9-7-21)30(39)37-17-31(33,34)18-37/h4-13,15,19,23H,3,14,16-18H2,1-2H3,(H,36,38). The molecule has 0 radical (unpaired) electrons. The molecule has 1 aromatic heterocycles. The highest BCUT2D eigenvalue weighted by Gasteiger charge is 2.46. The molecule has 0 saturated carbocycles. The Hall–Kier alpha value is -3.78. The number of amides is 2. The molecule has 208 valence electrons. The number of ether oxygens (including phenoxy) is 1. The highest BCUT2D eigenvalue weighted by Crippen LogP contribution is 2.42. The fraction of sp³-hybridized carbons (Fsp3) is 0.323. The fourth-order valence-corrected chi connectivity index (χ4v) is 5.06. The van der Waals surface area contributed by atoms with Crippen molar-refractivity contribution >= 4 is 29.5 Å². The molecule has 2 unspecified atom stereocenters. The summed E-state index contributed by atoms with van der Waals surface area (Å²) in [6.45, 7) is 3.45. The number of rotatable bonds is 8. The number of nitrogens with zero attached hydrogens (tertiary/aromatic N) is 2. The molecule has 5 rings (SSSR count). The van der Waals surface area contributed by atoms with Crippen LogP contribution in [0.2, 0.25) is 5.02 Å². The molecule has 3 aromatic rings. The number of hydrogen-bond donors (Lipinski definition) is 1. The first-order chi connectivity index (χ1) is 19.1. The Labute approximate surface area is 237 Å². The Morgan fingerprint density at radius 1 is 1.18 bits per heavy atom. The van der Waals surface area contributed by atoms with Gasteiger partial charge in [-0.1, -0.05) is 49.7 Å². The van der Waals surface area contributed by atoms with E-state index < -0.39 is 24.9 Å². The van der Waals surface area contributed by atoms with Crippen LogP contribution in [0, 0.1) is 0 Å². The molecule has 40 heavy (non-hydrogen) atoms. The molecule has 2 aromatic carbocycles. The van der Waals surface area contributed by atoms with Crippen molar-refractivity contribution in [1.29, 1.82) is 0 Å². The maximum absolute atomic E-state index is 13.1. The highest BCUT2D eigenvalue weighted by molar-refractivity contribution is 6.32. The molecule has 2 aliphatic heterocycles. The number of aromatic nitrogens is 1. The van der Waals surface area contributed by atoms with Gasteiger partial charge in [-0.05, 0) is 59.4 Å². The molecule has 3 heterocycles. The van der Waals surface area contributed by atoms with Crippen molar-refractivity contribution in [2.24, 2.45) is 0 Å². The Kier molecular flexibility index (Phi) is 7.90. The predicted molar refractivity (Wildman–Crippen MR) is 151 cm³/mol. The first-order valence-electron chi connectivity index (χ1n) is 13.3. The van der Waals surface area contributed by atoms with Gasteiger partial charge in [-0.2, -0.15) is 0 Å². The third-order valence-corrected chi connectivity index (χ3v) is 7.66. The van der Waals surface area contributed by atoms with E-state index in [2.05, 4.69) is 24.1 Å². The summed E-state index contributed by atoms with van der Waals surface area (Å²) in [6, 6.07) is 14.4. The van der Waals surface area contributed by atoms with Crippen molar-refractivity contribution in [2.75, 3.05) is 19.6 Å². The Morgan fingerprint density at radius 3 is 2.58 bits per heavy atom. The second kappa shape index (κ2) is 11.4. The normalized spacial score (nSPS) is 18.1. The van der Waals surface area contributed by atoms with E-state index in [0.717, 1.165) is 39.3 Å². The second-order valence-corrected chi connectivity index (χ2v) is 10.8. The van der Waals surface area contributed by atoms with Crippen molar-refractivity contribution in [3.05, 3.63) is 88.2 Å². The van der Waals surface area contributed by atoms with Crippen LogP contribution >= 0.6 is 11.6 Å². The minimum absolute atomic E-state index is 0.239. The Bertz CT molecular complexity index is 1430. The lowest BCUT2D eigenvalue weighted by Gasteiger charge is -2.38. The van der Waals surface area contributed by atoms with E-state index in [4.69, 9.17) is 16.3 Å². The number of likely N-dealkylation sites (tertiary alicyclic amines) is 1. The monoisotopic (exact) mass is 565 g/mol. The summed E-state index contributed by atoms with van der Waals surface area (Å²) in [5.41, 5.74) is 4.90. The molecule has 2 amide bonds. The van der Waals surface area contributed by atoms with E-state index in [1.54, 1.807) is 42.6 Å². The zero-order valence-electron chi connectivity index (χ0n) is 22.3. The SMILES string of the molecule is CCC(C)c1ccc(C=CC(=O)NCC2Cc3c(-c4ccc(C(=O)N5CC(F)(F)C5)cc4)ccc(Cl)c3O2)cn1. The summed E-state index contributed by atoms with van der Waals surface area (Å²) in [5.74, 6) is -2.49. The third kappa shape index (κ3) is 6.02. The lowest BCUT2D eigenvalue weighted by atomic mass is 9.95. The molecule has 0 aliphatic carbocycles. The molecule has 2 aliphatic rings. The van der Waals surface area contributed by atoms with Crippen molar-refractivity contribution in [3.8, 4) is 16.9 Å². The van der Waals surface area contributed by atoms with Gasteiger partial charge in [0.05, 0.1) is 24.7 Å². The van der Waals surface area contributed by atoms with Gasteiger partial charge in [-0.25, -0.2) is 8.78 Å². The van der Waals surface area contributed by atoms with E-state index in [9.17, 15) is 18.4 Å². The number of nitrogens with one attached hydrogen (secondary N) is 1. The largest absolute Gasteiger partial charge is 0.486 e. The maximum atomic E-state index is 13.1. The van der Waals surface area contributed by atoms with Crippen molar-refractivity contribution in [1.82, 2.24) is 15.2 Å². The van der Waals surface area contributed by atoms with Crippen LogP contribution in [0.5, 0.6) is 5.75 Å². The number of carbonyl (C=O) groups is 2. The quantitative estimate of drug-likeness (QED) is 0.333. The van der Waals surface area contributed by atoms with E-state index >= 15 is 0 Å². The van der Waals surface area contributed by atoms with E-state index in [0.29, 0.717) is 35.2 Å². The number of carbonyl (C=O) groups excluding carboxylic acids is 2. The lowest BCUT2D eigenvalue weighted by Crippen LogP contribution is -2.58. The molecule has 9 heteroatoms. The van der Waals surface area contributed by atoms with Crippen molar-refractivity contribution in [3.63, 3.8) is 0 Å². The third-order valence-electron chi connectivity index (χ3n) is 7.36. The van der Waals surface area contributed by atoms with Gasteiger partial charge in [-0.15, -0.1) is 0 Å². The number of alkyl halides is 2. The van der Waals surface area contributed by atoms with Crippen molar-refractivity contribution < 1.29 is 23.1 Å². The van der Waals surface area contributed by atoms with Gasteiger partial charge in [-0.3, -0.25) is 14.6 Å². The van der Waals surface area contributed by atoms with E-state index in [1.165, 1.54) is 6.08 Å². The number of benzene rings is 2. The summed E-state index contributed by atoms with van der Waals surface area (Å²) in [6.07, 6.45) is 6.23. The van der Waals surface area contributed by atoms with Gasteiger partial charge in [0.2, 0.25) is 5.91 Å². The van der Waals surface area contributed by atoms with Gasteiger partial charge < -0.3 is 15.0 Å². The zero-order valence-corrected chi connectivity index (χ0v) is 23.1. The van der Waals surface area contributed by atoms with Crippen LogP contribution in [-0.2, 0) is 11.2 Å². The average molecular weight is 566 g/mol. The smallest absolute Gasteiger partial charge is 0.282 e. The topological polar surface area (TPSA) is 71.5 Å². The second-order valence-electron chi connectivity index (χ2n) is 10.3. The van der Waals surface area contributed by atoms with E-state index in [-0.39, 0.29) is 12.0 Å². The summed E-state index contributed by atoms with van der Waals surface area (Å²) in [4.78, 5) is 30.5. The van der Waals surface area contributed by atoms with Crippen LogP contribution in [0.3, 0.4) is 0 Å². The first kappa shape index (κ1) is 27.8. The molecular formula is C31H30ClF2N3O3. The summed E-state index contributed by atoms with van der Waals surface area (Å²) in [7, 11) is 0. The van der Waals surface area contributed by atoms with Crippen LogP contribution in [0.25, 0.3) is 17.2 Å². The van der Waals surface area contributed by atoms with E-state index in [1.807, 2.05) is 18.2 Å². The Morgan fingerprint density at radius 2 is 1.93 bits per heavy atom. The van der Waals surface area contributed by atoms with Crippen molar-refractivity contribution in [2.45, 2.75) is 44.6 Å². The molecule has 1 fully saturated rings. The molecule has 1 N–H and O–H groups in total. The first-order valence-corrected chi connectivity index (χ1v) is 13.7. The summed E-state index contributed by atoms with van der Waals surface area (Å²) < 4.78 is 32.4. The number of fused-ring (bicyclic) bond motifs is 1. The zero-order chi connectivity index (χ0) is 28.4. The summed E-state index contributed by atoms with van der Waals surface area (Å²) in [5, 5.41) is 3.36. The summed E-state index contributed by atoms with van der Waals surface area (Å²) >= 11 is 6.42. The molecule has 6 nitrogen and oxygen atoms in total. The number of pyridine rings is 1. The minimum Gasteiger partial charge on any atom is -0.486 e. The van der Waals surface area contributed by atoms with Crippen LogP contribution in [0.15, 0.2) is 60.8 Å². The van der Waals surface area contributed by atoms with Gasteiger partial charge in [0.15, 0.2) is 0 Å². The molecular weight excluding hydrogens is 536 g/mol. The highest BCUT2D eigenvalue weighted by atomic mass is 35.5. The lowest BCUT2D eigenvalue weighted by molar-refractivity contribution is -0.116. The fourth-order valence-electron chi connectivity index (χ4n) is 4.84.